The van der Waals surface area contributed by atoms with E-state index in [1.165, 1.54) is 0 Å². The molecule has 0 atom stereocenters. The average molecular weight is 257 g/mol. The van der Waals surface area contributed by atoms with Crippen LogP contribution in [0.5, 0.6) is 5.75 Å². The Morgan fingerprint density at radius 2 is 2.06 bits per heavy atom. The van der Waals surface area contributed by atoms with Crippen molar-refractivity contribution in [3.8, 4) is 5.75 Å². The maximum atomic E-state index is 11.7. The molecule has 17 heavy (non-hydrogen) atoms. The maximum Gasteiger partial charge on any atom is 0.260 e. The average Bonchev–Trinajstić information content (AvgIpc) is 2.25. The van der Waals surface area contributed by atoms with Crippen LogP contribution in [-0.4, -0.2) is 43.6 Å². The highest BCUT2D eigenvalue weighted by Gasteiger charge is 2.25. The Morgan fingerprint density at radius 3 is 2.59 bits per heavy atom. The van der Waals surface area contributed by atoms with Gasteiger partial charge in [0.15, 0.2) is 6.61 Å². The number of carbonyl (C=O) groups is 1. The second kappa shape index (κ2) is 6.47. The summed E-state index contributed by atoms with van der Waals surface area (Å²) < 4.78 is 5.40. The van der Waals surface area contributed by atoms with Crippen molar-refractivity contribution >= 4 is 18.3 Å². The van der Waals surface area contributed by atoms with Gasteiger partial charge in [-0.25, -0.2) is 0 Å². The van der Waals surface area contributed by atoms with E-state index in [0.29, 0.717) is 6.04 Å². The van der Waals surface area contributed by atoms with Gasteiger partial charge in [0, 0.05) is 20.1 Å². The minimum absolute atomic E-state index is 0. The van der Waals surface area contributed by atoms with E-state index in [0.717, 1.165) is 18.8 Å². The van der Waals surface area contributed by atoms with E-state index >= 15 is 0 Å². The molecule has 0 saturated carbocycles. The summed E-state index contributed by atoms with van der Waals surface area (Å²) in [5, 5.41) is 3.14. The molecule has 1 amide bonds. The number of para-hydroxylation sites is 1. The first-order valence-corrected chi connectivity index (χ1v) is 5.41. The second-order valence-electron chi connectivity index (χ2n) is 3.92. The molecular formula is C12H17ClN2O2. The Labute approximate surface area is 107 Å². The van der Waals surface area contributed by atoms with Crippen LogP contribution in [0, 0.1) is 0 Å². The maximum absolute atomic E-state index is 11.7. The van der Waals surface area contributed by atoms with E-state index in [9.17, 15) is 4.79 Å². The van der Waals surface area contributed by atoms with Crippen molar-refractivity contribution in [2.45, 2.75) is 6.04 Å². The highest BCUT2D eigenvalue weighted by Crippen LogP contribution is 2.09. The van der Waals surface area contributed by atoms with Crippen molar-refractivity contribution in [2.75, 3.05) is 26.7 Å². The van der Waals surface area contributed by atoms with E-state index < -0.39 is 0 Å². The number of rotatable bonds is 4. The van der Waals surface area contributed by atoms with Gasteiger partial charge in [-0.15, -0.1) is 12.4 Å². The number of benzene rings is 1. The molecule has 0 aliphatic carbocycles. The molecule has 1 N–H and O–H groups in total. The number of halogens is 1. The number of hydrogen-bond donors (Lipinski definition) is 1. The van der Waals surface area contributed by atoms with Crippen molar-refractivity contribution in [2.24, 2.45) is 0 Å². The van der Waals surface area contributed by atoms with Crippen LogP contribution >= 0.6 is 12.4 Å². The standard InChI is InChI=1S/C12H16N2O2.ClH/c1-14(10-7-13-8-10)12(15)9-16-11-5-3-2-4-6-11;/h2-6,10,13H,7-9H2,1H3;1H. The summed E-state index contributed by atoms with van der Waals surface area (Å²) in [4.78, 5) is 13.5. The molecule has 1 fully saturated rings. The van der Waals surface area contributed by atoms with Gasteiger partial charge >= 0.3 is 0 Å². The van der Waals surface area contributed by atoms with E-state index in [1.807, 2.05) is 37.4 Å². The third kappa shape index (κ3) is 3.61. The zero-order valence-corrected chi connectivity index (χ0v) is 10.6. The van der Waals surface area contributed by atoms with Gasteiger partial charge < -0.3 is 15.0 Å². The van der Waals surface area contributed by atoms with E-state index in [1.54, 1.807) is 4.90 Å². The third-order valence-corrected chi connectivity index (χ3v) is 2.81. The number of hydrogen-bond acceptors (Lipinski definition) is 3. The van der Waals surface area contributed by atoms with Crippen LogP contribution in [-0.2, 0) is 4.79 Å². The van der Waals surface area contributed by atoms with E-state index in [4.69, 9.17) is 4.74 Å². The summed E-state index contributed by atoms with van der Waals surface area (Å²) in [6, 6.07) is 9.71. The lowest BCUT2D eigenvalue weighted by molar-refractivity contribution is -0.135. The number of amides is 1. The molecule has 5 heteroatoms. The number of carbonyl (C=O) groups excluding carboxylic acids is 1. The molecule has 0 spiro atoms. The van der Waals surface area contributed by atoms with Gasteiger partial charge in [-0.3, -0.25) is 4.79 Å². The fourth-order valence-corrected chi connectivity index (χ4v) is 1.51. The molecule has 0 aromatic heterocycles. The van der Waals surface area contributed by atoms with Crippen molar-refractivity contribution in [3.05, 3.63) is 30.3 Å². The number of ether oxygens (including phenoxy) is 1. The lowest BCUT2D eigenvalue weighted by atomic mass is 10.1. The smallest absolute Gasteiger partial charge is 0.260 e. The topological polar surface area (TPSA) is 41.6 Å². The Kier molecular flexibility index (Phi) is 5.25. The quantitative estimate of drug-likeness (QED) is 0.871. The van der Waals surface area contributed by atoms with Crippen LogP contribution in [0.3, 0.4) is 0 Å². The van der Waals surface area contributed by atoms with Crippen LogP contribution in [0.1, 0.15) is 0 Å². The number of likely N-dealkylation sites (N-methyl/N-ethyl adjacent to an activating group) is 1. The summed E-state index contributed by atoms with van der Waals surface area (Å²) in [7, 11) is 1.82. The molecule has 1 heterocycles. The largest absolute Gasteiger partial charge is 0.484 e. The van der Waals surface area contributed by atoms with E-state index in [2.05, 4.69) is 5.32 Å². The molecular weight excluding hydrogens is 240 g/mol. The predicted octanol–water partition coefficient (Wildman–Crippen LogP) is 0.917. The van der Waals surface area contributed by atoms with Gasteiger partial charge in [-0.2, -0.15) is 0 Å². The highest BCUT2D eigenvalue weighted by atomic mass is 35.5. The molecule has 2 rings (SSSR count). The Balaban J connectivity index is 0.00000144. The molecule has 1 aromatic carbocycles. The predicted molar refractivity (Wildman–Crippen MR) is 68.6 cm³/mol. The summed E-state index contributed by atoms with van der Waals surface area (Å²) in [6.07, 6.45) is 0. The molecule has 0 radical (unpaired) electrons. The van der Waals surface area contributed by atoms with Crippen molar-refractivity contribution in [1.29, 1.82) is 0 Å². The Morgan fingerprint density at radius 1 is 1.41 bits per heavy atom. The first-order valence-electron chi connectivity index (χ1n) is 5.41. The van der Waals surface area contributed by atoms with Gasteiger partial charge in [0.1, 0.15) is 5.75 Å². The number of nitrogens with zero attached hydrogens (tertiary/aromatic N) is 1. The van der Waals surface area contributed by atoms with Gasteiger partial charge in [0.05, 0.1) is 6.04 Å². The monoisotopic (exact) mass is 256 g/mol. The Bertz CT molecular complexity index is 355. The van der Waals surface area contributed by atoms with E-state index in [-0.39, 0.29) is 24.9 Å². The highest BCUT2D eigenvalue weighted by molar-refractivity contribution is 5.85. The van der Waals surface area contributed by atoms with Crippen molar-refractivity contribution < 1.29 is 9.53 Å². The molecule has 1 aliphatic rings. The van der Waals surface area contributed by atoms with Crippen LogP contribution < -0.4 is 10.1 Å². The summed E-state index contributed by atoms with van der Waals surface area (Å²) in [5.74, 6) is 0.756. The minimum atomic E-state index is 0. The molecule has 1 aromatic rings. The normalized spacial score (nSPS) is 14.4. The summed E-state index contributed by atoms with van der Waals surface area (Å²) in [6.45, 7) is 1.87. The van der Waals surface area contributed by atoms with Crippen LogP contribution in [0.15, 0.2) is 30.3 Å². The first kappa shape index (κ1) is 13.8. The molecule has 1 saturated heterocycles. The second-order valence-corrected chi connectivity index (χ2v) is 3.92. The lowest BCUT2D eigenvalue weighted by Gasteiger charge is -2.35. The summed E-state index contributed by atoms with van der Waals surface area (Å²) >= 11 is 0. The minimum Gasteiger partial charge on any atom is -0.484 e. The fourth-order valence-electron chi connectivity index (χ4n) is 1.51. The van der Waals surface area contributed by atoms with Crippen LogP contribution in [0.4, 0.5) is 0 Å². The molecule has 0 bridgehead atoms. The van der Waals surface area contributed by atoms with Gasteiger partial charge in [-0.05, 0) is 12.1 Å². The van der Waals surface area contributed by atoms with Crippen LogP contribution in [0.2, 0.25) is 0 Å². The Hall–Kier alpha value is -1.26. The summed E-state index contributed by atoms with van der Waals surface area (Å²) in [5.41, 5.74) is 0. The zero-order valence-electron chi connectivity index (χ0n) is 9.76. The van der Waals surface area contributed by atoms with Crippen molar-refractivity contribution in [1.82, 2.24) is 10.2 Å². The van der Waals surface area contributed by atoms with Crippen molar-refractivity contribution in [3.63, 3.8) is 0 Å². The molecule has 0 unspecified atom stereocenters. The SMILES string of the molecule is CN(C(=O)COc1ccccc1)C1CNC1.Cl. The molecule has 94 valence electrons. The molecule has 1 aliphatic heterocycles. The number of nitrogens with one attached hydrogen (secondary N) is 1. The first-order chi connectivity index (χ1) is 7.77. The third-order valence-electron chi connectivity index (χ3n) is 2.81. The zero-order chi connectivity index (χ0) is 11.4. The fraction of sp³-hybridized carbons (Fsp3) is 0.417. The lowest BCUT2D eigenvalue weighted by Crippen LogP contribution is -2.58. The molecule has 4 nitrogen and oxygen atoms in total. The van der Waals surface area contributed by atoms with Gasteiger partial charge in [-0.1, -0.05) is 18.2 Å². The van der Waals surface area contributed by atoms with Crippen LogP contribution in [0.25, 0.3) is 0 Å². The van der Waals surface area contributed by atoms with Gasteiger partial charge in [0.2, 0.25) is 0 Å². The van der Waals surface area contributed by atoms with Gasteiger partial charge in [0.25, 0.3) is 5.91 Å².